The van der Waals surface area contributed by atoms with Crippen LogP contribution in [0.3, 0.4) is 0 Å². The zero-order valence-electron chi connectivity index (χ0n) is 10.6. The molecular weight excluding hydrogens is 292 g/mol. The molecule has 20 heavy (non-hydrogen) atoms. The van der Waals surface area contributed by atoms with Crippen molar-refractivity contribution in [2.45, 2.75) is 17.9 Å². The van der Waals surface area contributed by atoms with Gasteiger partial charge in [-0.15, -0.1) is 0 Å². The van der Waals surface area contributed by atoms with Crippen molar-refractivity contribution >= 4 is 21.7 Å². The predicted octanol–water partition coefficient (Wildman–Crippen LogP) is 0.355. The number of hydrogen-bond donors (Lipinski definition) is 2. The third-order valence-corrected chi connectivity index (χ3v) is 3.90. The minimum absolute atomic E-state index is 0.235. The molecule has 0 aliphatic rings. The Morgan fingerprint density at radius 3 is 2.55 bits per heavy atom. The van der Waals surface area contributed by atoms with Gasteiger partial charge in [0, 0.05) is 12.1 Å². The fraction of sp³-hybridized carbons (Fsp3) is 0.300. The van der Waals surface area contributed by atoms with Crippen LogP contribution in [-0.2, 0) is 14.8 Å². The molecule has 0 heterocycles. The van der Waals surface area contributed by atoms with Crippen LogP contribution >= 0.6 is 0 Å². The molecule has 0 aliphatic carbocycles. The van der Waals surface area contributed by atoms with Crippen LogP contribution in [0.5, 0.6) is 5.75 Å². The number of nitro groups is 1. The standard InChI is InChI=1S/C10H12N2O7S/c1-6(10(13)14)11-20(17,18)7-3-4-8(12(15)16)9(5-7)19-2/h3-6,11H,1-2H3,(H,13,14)/t6-/m0/s1. The number of nitrogens with zero attached hydrogens (tertiary/aromatic N) is 1. The van der Waals surface area contributed by atoms with Crippen molar-refractivity contribution in [3.05, 3.63) is 28.3 Å². The molecule has 0 aromatic heterocycles. The number of aliphatic carboxylic acids is 1. The van der Waals surface area contributed by atoms with E-state index in [4.69, 9.17) is 9.84 Å². The molecule has 10 heteroatoms. The third kappa shape index (κ3) is 3.42. The van der Waals surface area contributed by atoms with Crippen molar-refractivity contribution in [1.82, 2.24) is 4.72 Å². The first-order valence-electron chi connectivity index (χ1n) is 5.26. The number of nitrogens with one attached hydrogen (secondary N) is 1. The van der Waals surface area contributed by atoms with Gasteiger partial charge in [-0.05, 0) is 13.0 Å². The molecule has 110 valence electrons. The van der Waals surface area contributed by atoms with Crippen molar-refractivity contribution in [2.24, 2.45) is 0 Å². The van der Waals surface area contributed by atoms with Crippen LogP contribution in [-0.4, -0.2) is 37.6 Å². The summed E-state index contributed by atoms with van der Waals surface area (Å²) in [6.07, 6.45) is 0. The second-order valence-electron chi connectivity index (χ2n) is 3.77. The SMILES string of the molecule is COc1cc(S(=O)(=O)N[C@@H](C)C(=O)O)ccc1[N+](=O)[O-]. The second kappa shape index (κ2) is 5.84. The Hall–Kier alpha value is -2.20. The van der Waals surface area contributed by atoms with Gasteiger partial charge in [0.25, 0.3) is 0 Å². The number of carboxylic acid groups (broad SMARTS) is 1. The van der Waals surface area contributed by atoms with Crippen molar-refractivity contribution in [3.8, 4) is 5.75 Å². The number of methoxy groups -OCH3 is 1. The summed E-state index contributed by atoms with van der Waals surface area (Å²) in [7, 11) is -2.95. The zero-order chi connectivity index (χ0) is 15.5. The van der Waals surface area contributed by atoms with Crippen LogP contribution in [0.4, 0.5) is 5.69 Å². The zero-order valence-corrected chi connectivity index (χ0v) is 11.4. The molecule has 1 aromatic carbocycles. The highest BCUT2D eigenvalue weighted by atomic mass is 32.2. The van der Waals surface area contributed by atoms with Gasteiger partial charge in [-0.2, -0.15) is 4.72 Å². The Labute approximate surface area is 114 Å². The second-order valence-corrected chi connectivity index (χ2v) is 5.49. The van der Waals surface area contributed by atoms with Crippen LogP contribution in [0.25, 0.3) is 0 Å². The van der Waals surface area contributed by atoms with Crippen molar-refractivity contribution in [3.63, 3.8) is 0 Å². The Bertz CT molecular complexity index is 641. The number of hydrogen-bond acceptors (Lipinski definition) is 6. The molecule has 0 aliphatic heterocycles. The lowest BCUT2D eigenvalue weighted by atomic mass is 10.3. The first kappa shape index (κ1) is 15.9. The minimum atomic E-state index is -4.11. The Kier molecular flexibility index (Phi) is 4.63. The van der Waals surface area contributed by atoms with E-state index in [0.29, 0.717) is 0 Å². The van der Waals surface area contributed by atoms with Gasteiger partial charge >= 0.3 is 11.7 Å². The maximum absolute atomic E-state index is 11.9. The number of nitro benzene ring substituents is 1. The van der Waals surface area contributed by atoms with Gasteiger partial charge in [0.2, 0.25) is 10.0 Å². The monoisotopic (exact) mass is 304 g/mol. The molecule has 0 fully saturated rings. The molecule has 0 saturated carbocycles. The van der Waals surface area contributed by atoms with Crippen LogP contribution in [0.15, 0.2) is 23.1 Å². The van der Waals surface area contributed by atoms with E-state index < -0.39 is 32.6 Å². The highest BCUT2D eigenvalue weighted by molar-refractivity contribution is 7.89. The Balaban J connectivity index is 3.20. The van der Waals surface area contributed by atoms with Crippen LogP contribution in [0, 0.1) is 10.1 Å². The number of rotatable bonds is 6. The number of carbonyl (C=O) groups is 1. The van der Waals surface area contributed by atoms with E-state index in [0.717, 1.165) is 32.2 Å². The highest BCUT2D eigenvalue weighted by Gasteiger charge is 2.24. The quantitative estimate of drug-likeness (QED) is 0.571. The first-order chi connectivity index (χ1) is 9.19. The topological polar surface area (TPSA) is 136 Å². The predicted molar refractivity (Wildman–Crippen MR) is 67.1 cm³/mol. The van der Waals surface area contributed by atoms with Crippen molar-refractivity contribution < 1.29 is 28.0 Å². The van der Waals surface area contributed by atoms with Crippen LogP contribution in [0.1, 0.15) is 6.92 Å². The summed E-state index contributed by atoms with van der Waals surface area (Å²) in [5.74, 6) is -1.58. The van der Waals surface area contributed by atoms with Gasteiger partial charge in [-0.3, -0.25) is 14.9 Å². The van der Waals surface area contributed by atoms with Gasteiger partial charge in [0.15, 0.2) is 5.75 Å². The van der Waals surface area contributed by atoms with E-state index in [-0.39, 0.29) is 10.6 Å². The van der Waals surface area contributed by atoms with Crippen LogP contribution in [0.2, 0.25) is 0 Å². The largest absolute Gasteiger partial charge is 0.490 e. The average Bonchev–Trinajstić information content (AvgIpc) is 2.37. The summed E-state index contributed by atoms with van der Waals surface area (Å²) in [5.41, 5.74) is -0.391. The number of sulfonamides is 1. The van der Waals surface area contributed by atoms with Gasteiger partial charge in [0.05, 0.1) is 16.9 Å². The first-order valence-corrected chi connectivity index (χ1v) is 6.75. The van der Waals surface area contributed by atoms with E-state index in [9.17, 15) is 23.3 Å². The smallest absolute Gasteiger partial charge is 0.321 e. The van der Waals surface area contributed by atoms with Crippen LogP contribution < -0.4 is 9.46 Å². The number of benzene rings is 1. The Morgan fingerprint density at radius 2 is 2.10 bits per heavy atom. The lowest BCUT2D eigenvalue weighted by molar-refractivity contribution is -0.385. The summed E-state index contributed by atoms with van der Waals surface area (Å²) in [5, 5.41) is 19.4. The minimum Gasteiger partial charge on any atom is -0.490 e. The van der Waals surface area contributed by atoms with E-state index in [1.807, 2.05) is 4.72 Å². The Morgan fingerprint density at radius 1 is 1.50 bits per heavy atom. The molecule has 2 N–H and O–H groups in total. The van der Waals surface area contributed by atoms with E-state index in [2.05, 4.69) is 0 Å². The summed E-state index contributed by atoms with van der Waals surface area (Å²) >= 11 is 0. The van der Waals surface area contributed by atoms with E-state index >= 15 is 0 Å². The molecule has 9 nitrogen and oxygen atoms in total. The maximum atomic E-state index is 11.9. The van der Waals surface area contributed by atoms with E-state index in [1.54, 1.807) is 0 Å². The fourth-order valence-corrected chi connectivity index (χ4v) is 2.54. The summed E-state index contributed by atoms with van der Waals surface area (Å²) in [4.78, 5) is 20.3. The van der Waals surface area contributed by atoms with Gasteiger partial charge in [0.1, 0.15) is 6.04 Å². The summed E-state index contributed by atoms with van der Waals surface area (Å²) in [6.45, 7) is 1.16. The molecule has 0 saturated heterocycles. The van der Waals surface area contributed by atoms with Crippen molar-refractivity contribution in [2.75, 3.05) is 7.11 Å². The maximum Gasteiger partial charge on any atom is 0.321 e. The summed E-state index contributed by atoms with van der Waals surface area (Å²) < 4.78 is 30.5. The number of carboxylic acids is 1. The highest BCUT2D eigenvalue weighted by Crippen LogP contribution is 2.29. The lowest BCUT2D eigenvalue weighted by Crippen LogP contribution is -2.38. The molecule has 0 spiro atoms. The molecule has 0 unspecified atom stereocenters. The van der Waals surface area contributed by atoms with E-state index in [1.165, 1.54) is 0 Å². The summed E-state index contributed by atoms with van der Waals surface area (Å²) in [6, 6.07) is 1.59. The van der Waals surface area contributed by atoms with Gasteiger partial charge in [-0.25, -0.2) is 8.42 Å². The molecule has 0 amide bonds. The molecule has 1 aromatic rings. The molecule has 1 atom stereocenters. The van der Waals surface area contributed by atoms with Gasteiger partial charge < -0.3 is 9.84 Å². The van der Waals surface area contributed by atoms with Gasteiger partial charge in [-0.1, -0.05) is 0 Å². The molecular formula is C10H12N2O7S. The fourth-order valence-electron chi connectivity index (χ4n) is 1.33. The third-order valence-electron chi connectivity index (χ3n) is 2.36. The lowest BCUT2D eigenvalue weighted by Gasteiger charge is -2.11. The molecule has 1 rings (SSSR count). The average molecular weight is 304 g/mol. The molecule has 0 bridgehead atoms. The normalized spacial score (nSPS) is 12.7. The van der Waals surface area contributed by atoms with Crippen molar-refractivity contribution in [1.29, 1.82) is 0 Å². The number of ether oxygens (including phenoxy) is 1. The molecule has 0 radical (unpaired) electrons.